The third-order valence-electron chi connectivity index (χ3n) is 4.01. The minimum atomic E-state index is -0.895. The quantitative estimate of drug-likeness (QED) is 0.855. The summed E-state index contributed by atoms with van der Waals surface area (Å²) in [5.41, 5.74) is 4.81. The van der Waals surface area contributed by atoms with Gasteiger partial charge in [0.25, 0.3) is 0 Å². The molecule has 0 saturated heterocycles. The van der Waals surface area contributed by atoms with Crippen LogP contribution in [0.25, 0.3) is 0 Å². The van der Waals surface area contributed by atoms with Crippen molar-refractivity contribution in [1.82, 2.24) is 15.3 Å². The van der Waals surface area contributed by atoms with Gasteiger partial charge in [-0.05, 0) is 49.1 Å². The molecular formula is C17H21N3O2. The first-order valence-corrected chi connectivity index (χ1v) is 7.26. The Kier molecular flexibility index (Phi) is 5.22. The zero-order valence-corrected chi connectivity index (χ0v) is 13.1. The van der Waals surface area contributed by atoms with Gasteiger partial charge in [-0.1, -0.05) is 12.1 Å². The number of carboxylic acids is 1. The van der Waals surface area contributed by atoms with Gasteiger partial charge in [-0.3, -0.25) is 10.1 Å². The van der Waals surface area contributed by atoms with Crippen molar-refractivity contribution in [2.45, 2.75) is 39.8 Å². The first-order chi connectivity index (χ1) is 10.5. The van der Waals surface area contributed by atoms with E-state index >= 15 is 0 Å². The highest BCUT2D eigenvalue weighted by Gasteiger charge is 2.19. The van der Waals surface area contributed by atoms with Crippen molar-refractivity contribution in [3.63, 3.8) is 0 Å². The Balaban J connectivity index is 2.07. The number of hydrogen-bond donors (Lipinski definition) is 2. The normalized spacial score (nSPS) is 12.1. The summed E-state index contributed by atoms with van der Waals surface area (Å²) >= 11 is 0. The second kappa shape index (κ2) is 7.13. The summed E-state index contributed by atoms with van der Waals surface area (Å²) in [4.78, 5) is 19.6. The van der Waals surface area contributed by atoms with Crippen LogP contribution < -0.4 is 5.32 Å². The first kappa shape index (κ1) is 16.1. The molecule has 0 amide bonds. The molecule has 116 valence electrons. The fourth-order valence-corrected chi connectivity index (χ4v) is 2.30. The zero-order valence-electron chi connectivity index (χ0n) is 13.1. The van der Waals surface area contributed by atoms with Crippen LogP contribution in [0, 0.1) is 20.8 Å². The number of benzene rings is 1. The average Bonchev–Trinajstić information content (AvgIpc) is 2.51. The maximum atomic E-state index is 11.4. The Bertz CT molecular complexity index is 656. The summed E-state index contributed by atoms with van der Waals surface area (Å²) in [5, 5.41) is 12.5. The summed E-state index contributed by atoms with van der Waals surface area (Å²) in [7, 11) is 0. The Hall–Kier alpha value is -2.27. The van der Waals surface area contributed by atoms with E-state index in [-0.39, 0.29) is 6.42 Å². The highest BCUT2D eigenvalue weighted by atomic mass is 16.4. The van der Waals surface area contributed by atoms with E-state index in [0.717, 1.165) is 5.56 Å². The van der Waals surface area contributed by atoms with Crippen LogP contribution in [0.3, 0.4) is 0 Å². The molecule has 0 fully saturated rings. The first-order valence-electron chi connectivity index (χ1n) is 7.26. The molecule has 1 aromatic carbocycles. The van der Waals surface area contributed by atoms with Gasteiger partial charge < -0.3 is 5.11 Å². The van der Waals surface area contributed by atoms with Crippen LogP contribution in [0.2, 0.25) is 0 Å². The number of rotatable bonds is 6. The highest BCUT2D eigenvalue weighted by Crippen LogP contribution is 2.17. The molecular weight excluding hydrogens is 278 g/mol. The number of carbonyl (C=O) groups is 1. The molecule has 0 aliphatic carbocycles. The summed E-state index contributed by atoms with van der Waals surface area (Å²) in [6.45, 7) is 6.74. The van der Waals surface area contributed by atoms with Crippen molar-refractivity contribution in [3.8, 4) is 0 Å². The summed E-state index contributed by atoms with van der Waals surface area (Å²) in [6.07, 6.45) is 3.50. The fourth-order valence-electron chi connectivity index (χ4n) is 2.30. The SMILES string of the molecule is Cc1ccc(CNC(Cc2ncccn2)C(=O)O)c(C)c1C. The van der Waals surface area contributed by atoms with Gasteiger partial charge in [-0.15, -0.1) is 0 Å². The van der Waals surface area contributed by atoms with Gasteiger partial charge in [0.05, 0.1) is 0 Å². The summed E-state index contributed by atoms with van der Waals surface area (Å²) < 4.78 is 0. The van der Waals surface area contributed by atoms with Gasteiger partial charge in [0.15, 0.2) is 0 Å². The van der Waals surface area contributed by atoms with Gasteiger partial charge in [0, 0.05) is 25.4 Å². The predicted molar refractivity (Wildman–Crippen MR) is 84.7 cm³/mol. The van der Waals surface area contributed by atoms with Crippen molar-refractivity contribution in [2.75, 3.05) is 0 Å². The molecule has 0 radical (unpaired) electrons. The number of nitrogens with one attached hydrogen (secondary N) is 1. The average molecular weight is 299 g/mol. The van der Waals surface area contributed by atoms with Crippen molar-refractivity contribution in [2.24, 2.45) is 0 Å². The zero-order chi connectivity index (χ0) is 16.1. The van der Waals surface area contributed by atoms with Crippen LogP contribution in [0.4, 0.5) is 0 Å². The topological polar surface area (TPSA) is 75.1 Å². The smallest absolute Gasteiger partial charge is 0.321 e. The molecule has 0 bridgehead atoms. The van der Waals surface area contributed by atoms with E-state index in [1.165, 1.54) is 16.7 Å². The van der Waals surface area contributed by atoms with E-state index in [1.807, 2.05) is 6.07 Å². The van der Waals surface area contributed by atoms with E-state index in [9.17, 15) is 9.90 Å². The lowest BCUT2D eigenvalue weighted by molar-refractivity contribution is -0.139. The van der Waals surface area contributed by atoms with Gasteiger partial charge in [0.1, 0.15) is 11.9 Å². The molecule has 1 heterocycles. The van der Waals surface area contributed by atoms with Crippen LogP contribution >= 0.6 is 0 Å². The number of aromatic nitrogens is 2. The predicted octanol–water partition coefficient (Wildman–Crippen LogP) is 2.19. The van der Waals surface area contributed by atoms with Crippen molar-refractivity contribution in [1.29, 1.82) is 0 Å². The van der Waals surface area contributed by atoms with Gasteiger partial charge in [-0.2, -0.15) is 0 Å². The van der Waals surface area contributed by atoms with Crippen LogP contribution in [0.15, 0.2) is 30.6 Å². The lowest BCUT2D eigenvalue weighted by Crippen LogP contribution is -2.38. The van der Waals surface area contributed by atoms with Crippen LogP contribution in [0.5, 0.6) is 0 Å². The summed E-state index contributed by atoms with van der Waals surface area (Å²) in [6, 6.07) is 5.12. The molecule has 1 atom stereocenters. The molecule has 0 spiro atoms. The number of carboxylic acid groups (broad SMARTS) is 1. The Morgan fingerprint density at radius 1 is 1.18 bits per heavy atom. The molecule has 2 N–H and O–H groups in total. The van der Waals surface area contributed by atoms with Crippen molar-refractivity contribution < 1.29 is 9.90 Å². The monoisotopic (exact) mass is 299 g/mol. The Labute approximate surface area is 130 Å². The molecule has 5 heteroatoms. The third-order valence-corrected chi connectivity index (χ3v) is 4.01. The van der Waals surface area contributed by atoms with E-state index in [0.29, 0.717) is 12.4 Å². The lowest BCUT2D eigenvalue weighted by Gasteiger charge is -2.16. The number of hydrogen-bond acceptors (Lipinski definition) is 4. The molecule has 0 aliphatic rings. The molecule has 2 aromatic rings. The van der Waals surface area contributed by atoms with Gasteiger partial charge in [0.2, 0.25) is 0 Å². The van der Waals surface area contributed by atoms with Crippen LogP contribution in [-0.4, -0.2) is 27.1 Å². The van der Waals surface area contributed by atoms with Crippen molar-refractivity contribution >= 4 is 5.97 Å². The number of aryl methyl sites for hydroxylation is 1. The Morgan fingerprint density at radius 2 is 1.86 bits per heavy atom. The van der Waals surface area contributed by atoms with Crippen LogP contribution in [-0.2, 0) is 17.8 Å². The van der Waals surface area contributed by atoms with Gasteiger partial charge >= 0.3 is 5.97 Å². The highest BCUT2D eigenvalue weighted by molar-refractivity contribution is 5.73. The third kappa shape index (κ3) is 3.89. The van der Waals surface area contributed by atoms with Crippen molar-refractivity contribution in [3.05, 3.63) is 58.7 Å². The maximum absolute atomic E-state index is 11.4. The van der Waals surface area contributed by atoms with Gasteiger partial charge in [-0.25, -0.2) is 9.97 Å². The largest absolute Gasteiger partial charge is 0.480 e. The number of nitrogens with zero attached hydrogens (tertiary/aromatic N) is 2. The lowest BCUT2D eigenvalue weighted by atomic mass is 9.98. The standard InChI is InChI=1S/C17H21N3O2/c1-11-5-6-14(13(3)12(11)2)10-20-15(17(21)22)9-16-18-7-4-8-19-16/h4-8,15,20H,9-10H2,1-3H3,(H,21,22). The maximum Gasteiger partial charge on any atom is 0.321 e. The van der Waals surface area contributed by atoms with Crippen LogP contribution in [0.1, 0.15) is 28.1 Å². The van der Waals surface area contributed by atoms with E-state index in [4.69, 9.17) is 0 Å². The molecule has 1 aromatic heterocycles. The molecule has 5 nitrogen and oxygen atoms in total. The Morgan fingerprint density at radius 3 is 2.50 bits per heavy atom. The van der Waals surface area contributed by atoms with E-state index in [2.05, 4.69) is 42.1 Å². The minimum absolute atomic E-state index is 0.264. The molecule has 1 unspecified atom stereocenters. The second-order valence-electron chi connectivity index (χ2n) is 5.43. The molecule has 0 aliphatic heterocycles. The molecule has 2 rings (SSSR count). The molecule has 0 saturated carbocycles. The van der Waals surface area contributed by atoms with E-state index in [1.54, 1.807) is 18.5 Å². The molecule has 22 heavy (non-hydrogen) atoms. The second-order valence-corrected chi connectivity index (χ2v) is 5.43. The number of aliphatic carboxylic acids is 1. The fraction of sp³-hybridized carbons (Fsp3) is 0.353. The van der Waals surface area contributed by atoms with E-state index < -0.39 is 12.0 Å². The minimum Gasteiger partial charge on any atom is -0.480 e. The summed E-state index contributed by atoms with van der Waals surface area (Å²) in [5.74, 6) is -0.367.